The van der Waals surface area contributed by atoms with Crippen molar-refractivity contribution in [3.05, 3.63) is 47.0 Å². The molecule has 1 heterocycles. The molecule has 1 unspecified atom stereocenters. The van der Waals surface area contributed by atoms with E-state index in [0.717, 1.165) is 24.5 Å². The second-order valence-corrected chi connectivity index (χ2v) is 8.61. The van der Waals surface area contributed by atoms with Crippen molar-refractivity contribution < 1.29 is 4.74 Å². The average Bonchev–Trinajstić information content (AvgIpc) is 3.13. The van der Waals surface area contributed by atoms with E-state index in [4.69, 9.17) is 27.9 Å². The normalized spacial score (nSPS) is 12.4. The lowest BCUT2D eigenvalue weighted by atomic mass is 10.1. The maximum absolute atomic E-state index is 6.15. The van der Waals surface area contributed by atoms with E-state index < -0.39 is 0 Å². The Balaban J connectivity index is 1.78. The van der Waals surface area contributed by atoms with Crippen molar-refractivity contribution in [3.8, 4) is 0 Å². The highest BCUT2D eigenvalue weighted by Crippen LogP contribution is 2.31. The minimum atomic E-state index is 0.293. The number of nitrogens with zero attached hydrogens (tertiary/aromatic N) is 2. The van der Waals surface area contributed by atoms with Gasteiger partial charge in [-0.25, -0.2) is 4.98 Å². The van der Waals surface area contributed by atoms with Gasteiger partial charge in [-0.05, 0) is 24.6 Å². The van der Waals surface area contributed by atoms with Gasteiger partial charge in [0.05, 0.1) is 28.2 Å². The number of rotatable bonds is 13. The molecule has 2 aromatic rings. The van der Waals surface area contributed by atoms with Crippen molar-refractivity contribution in [1.82, 2.24) is 9.55 Å². The molecule has 0 amide bonds. The van der Waals surface area contributed by atoms with Gasteiger partial charge < -0.3 is 9.30 Å². The first-order valence-corrected chi connectivity index (χ1v) is 11.0. The molecule has 1 aromatic heterocycles. The molecule has 0 aliphatic rings. The molecule has 0 bridgehead atoms. The van der Waals surface area contributed by atoms with Crippen molar-refractivity contribution in [1.29, 1.82) is 0 Å². The van der Waals surface area contributed by atoms with E-state index in [9.17, 15) is 0 Å². The highest BCUT2D eigenvalue weighted by atomic mass is 35.5. The highest BCUT2D eigenvalue weighted by molar-refractivity contribution is 8.00. The third kappa shape index (κ3) is 8.34. The van der Waals surface area contributed by atoms with E-state index in [1.54, 1.807) is 18.0 Å². The Hall–Kier alpha value is -0.680. The smallest absolute Gasteiger partial charge is 0.0946 e. The molecule has 0 fully saturated rings. The van der Waals surface area contributed by atoms with Crippen LogP contribution in [0.5, 0.6) is 0 Å². The first kappa shape index (κ1) is 21.6. The van der Waals surface area contributed by atoms with Gasteiger partial charge in [-0.3, -0.25) is 0 Å². The van der Waals surface area contributed by atoms with Crippen LogP contribution in [-0.4, -0.2) is 28.0 Å². The van der Waals surface area contributed by atoms with Gasteiger partial charge >= 0.3 is 0 Å². The summed E-state index contributed by atoms with van der Waals surface area (Å²) >= 11 is 13.9. The van der Waals surface area contributed by atoms with Crippen molar-refractivity contribution >= 4 is 35.0 Å². The number of thioether (sulfide) groups is 1. The van der Waals surface area contributed by atoms with Crippen LogP contribution in [0.25, 0.3) is 0 Å². The SMILES string of the molecule is CCCCCCCCOCC(Cn1ccnc1)Sc1ccc(Cl)c(Cl)c1. The molecule has 0 saturated carbocycles. The van der Waals surface area contributed by atoms with Gasteiger partial charge in [0.1, 0.15) is 0 Å². The Labute approximate surface area is 171 Å². The second kappa shape index (κ2) is 12.7. The summed E-state index contributed by atoms with van der Waals surface area (Å²) in [6, 6.07) is 5.77. The van der Waals surface area contributed by atoms with Gasteiger partial charge in [0.25, 0.3) is 0 Å². The predicted molar refractivity (Wildman–Crippen MR) is 113 cm³/mol. The number of unbranched alkanes of at least 4 members (excludes halogenated alkanes) is 5. The summed E-state index contributed by atoms with van der Waals surface area (Å²) in [5.41, 5.74) is 0. The molecule has 0 N–H and O–H groups in total. The van der Waals surface area contributed by atoms with Crippen LogP contribution in [0.3, 0.4) is 0 Å². The number of hydrogen-bond acceptors (Lipinski definition) is 3. The van der Waals surface area contributed by atoms with E-state index in [-0.39, 0.29) is 0 Å². The van der Waals surface area contributed by atoms with Crippen LogP contribution >= 0.6 is 35.0 Å². The van der Waals surface area contributed by atoms with Crippen LogP contribution in [0.4, 0.5) is 0 Å². The summed E-state index contributed by atoms with van der Waals surface area (Å²) in [4.78, 5) is 5.23. The fraction of sp³-hybridized carbons (Fsp3) is 0.550. The lowest BCUT2D eigenvalue weighted by Gasteiger charge is -2.18. The number of ether oxygens (including phenoxy) is 1. The molecular formula is C20H28Cl2N2OS. The van der Waals surface area contributed by atoms with Crippen LogP contribution in [0.15, 0.2) is 41.8 Å². The Morgan fingerprint density at radius 2 is 1.92 bits per heavy atom. The monoisotopic (exact) mass is 414 g/mol. The first-order chi connectivity index (χ1) is 12.7. The Morgan fingerprint density at radius 3 is 2.65 bits per heavy atom. The molecule has 26 heavy (non-hydrogen) atoms. The van der Waals surface area contributed by atoms with Crippen molar-refractivity contribution in [2.75, 3.05) is 13.2 Å². The average molecular weight is 415 g/mol. The number of aromatic nitrogens is 2. The first-order valence-electron chi connectivity index (χ1n) is 9.34. The summed E-state index contributed by atoms with van der Waals surface area (Å²) in [7, 11) is 0. The van der Waals surface area contributed by atoms with Crippen molar-refractivity contribution in [2.24, 2.45) is 0 Å². The van der Waals surface area contributed by atoms with Crippen LogP contribution in [0.1, 0.15) is 45.4 Å². The van der Waals surface area contributed by atoms with Gasteiger partial charge in [0.15, 0.2) is 0 Å². The third-order valence-corrected chi connectivity index (χ3v) is 6.00. The van der Waals surface area contributed by atoms with E-state index in [2.05, 4.69) is 16.5 Å². The van der Waals surface area contributed by atoms with Crippen LogP contribution in [0, 0.1) is 0 Å². The van der Waals surface area contributed by atoms with Gasteiger partial charge in [-0.1, -0.05) is 62.2 Å². The minimum Gasteiger partial charge on any atom is -0.380 e. The molecule has 0 radical (unpaired) electrons. The molecule has 0 spiro atoms. The standard InChI is InChI=1S/C20H28Cl2N2OS/c1-2-3-4-5-6-7-12-25-15-18(14-24-11-10-23-16-24)26-17-8-9-19(21)20(22)13-17/h8-11,13,16,18H,2-7,12,14-15H2,1H3. The Bertz CT molecular complexity index is 622. The zero-order valence-electron chi connectivity index (χ0n) is 15.4. The van der Waals surface area contributed by atoms with Crippen molar-refractivity contribution in [2.45, 2.75) is 62.1 Å². The van der Waals surface area contributed by atoms with E-state index in [0.29, 0.717) is 21.9 Å². The van der Waals surface area contributed by atoms with E-state index >= 15 is 0 Å². The third-order valence-electron chi connectivity index (χ3n) is 4.11. The van der Waals surface area contributed by atoms with Crippen LogP contribution in [-0.2, 0) is 11.3 Å². The fourth-order valence-corrected chi connectivity index (χ4v) is 4.19. The molecule has 2 rings (SSSR count). The maximum atomic E-state index is 6.15. The van der Waals surface area contributed by atoms with E-state index in [1.165, 1.54) is 32.1 Å². The molecule has 6 heteroatoms. The maximum Gasteiger partial charge on any atom is 0.0946 e. The van der Waals surface area contributed by atoms with Crippen LogP contribution in [0.2, 0.25) is 10.0 Å². The summed E-state index contributed by atoms with van der Waals surface area (Å²) in [6.07, 6.45) is 13.3. The second-order valence-electron chi connectivity index (χ2n) is 6.42. The van der Waals surface area contributed by atoms with Crippen molar-refractivity contribution in [3.63, 3.8) is 0 Å². The highest BCUT2D eigenvalue weighted by Gasteiger charge is 2.13. The lowest BCUT2D eigenvalue weighted by molar-refractivity contribution is 0.128. The fourth-order valence-electron chi connectivity index (χ4n) is 2.70. The zero-order chi connectivity index (χ0) is 18.6. The van der Waals surface area contributed by atoms with E-state index in [1.807, 2.05) is 30.7 Å². The molecule has 0 saturated heterocycles. The summed E-state index contributed by atoms with van der Waals surface area (Å²) < 4.78 is 8.05. The molecule has 1 atom stereocenters. The van der Waals surface area contributed by atoms with Gasteiger partial charge in [0, 0.05) is 30.4 Å². The molecule has 3 nitrogen and oxygen atoms in total. The summed E-state index contributed by atoms with van der Waals surface area (Å²) in [5, 5.41) is 1.47. The topological polar surface area (TPSA) is 27.1 Å². The molecular weight excluding hydrogens is 387 g/mol. The van der Waals surface area contributed by atoms with Gasteiger partial charge in [-0.2, -0.15) is 0 Å². The molecule has 144 valence electrons. The Kier molecular flexibility index (Phi) is 10.5. The quantitative estimate of drug-likeness (QED) is 0.268. The van der Waals surface area contributed by atoms with Gasteiger partial charge in [-0.15, -0.1) is 11.8 Å². The summed E-state index contributed by atoms with van der Waals surface area (Å²) in [5.74, 6) is 0. The Morgan fingerprint density at radius 1 is 1.12 bits per heavy atom. The number of halogens is 2. The largest absolute Gasteiger partial charge is 0.380 e. The minimum absolute atomic E-state index is 0.293. The number of imidazole rings is 1. The lowest BCUT2D eigenvalue weighted by Crippen LogP contribution is -2.19. The number of benzene rings is 1. The van der Waals surface area contributed by atoms with Crippen LogP contribution < -0.4 is 0 Å². The number of hydrogen-bond donors (Lipinski definition) is 0. The summed E-state index contributed by atoms with van der Waals surface area (Å²) in [6.45, 7) is 4.63. The molecule has 1 aromatic carbocycles. The predicted octanol–water partition coefficient (Wildman–Crippen LogP) is 6.73. The molecule has 0 aliphatic heterocycles. The van der Waals surface area contributed by atoms with Gasteiger partial charge in [0.2, 0.25) is 0 Å². The molecule has 0 aliphatic carbocycles. The zero-order valence-corrected chi connectivity index (χ0v) is 17.7.